The zero-order valence-electron chi connectivity index (χ0n) is 47.0. The molecule has 0 aliphatic carbocycles. The second-order valence-electron chi connectivity index (χ2n) is 19.7. The Kier molecular flexibility index (Phi) is 33.3. The highest BCUT2D eigenvalue weighted by Gasteiger charge is 2.36. The smallest absolute Gasteiger partial charge is 0.326 e. The molecule has 24 N–H and O–H groups in total. The van der Waals surface area contributed by atoms with Gasteiger partial charge in [-0.25, -0.2) is 18.2 Å². The molecule has 0 bridgehead atoms. The molecule has 1 rings (SSSR count). The number of carbonyl (C=O) groups is 9. The molecule has 32 nitrogen and oxygen atoms in total. The average Bonchev–Trinajstić information content (AvgIpc) is 3.92. The summed E-state index contributed by atoms with van der Waals surface area (Å²) in [4.78, 5) is 141. The molecule has 0 radical (unpaired) electrons. The molecule has 1 heterocycles. The molecule has 33 heteroatoms. The summed E-state index contributed by atoms with van der Waals surface area (Å²) in [5, 5.41) is 30.6. The van der Waals surface area contributed by atoms with Crippen LogP contribution in [0, 0.1) is 5.92 Å². The van der Waals surface area contributed by atoms with Gasteiger partial charge < -0.3 is 92.8 Å². The number of nitrogens with one attached hydrogen (secondary N) is 9. The molecule has 1 aromatic heterocycles. The third-order valence-electron chi connectivity index (χ3n) is 12.1. The van der Waals surface area contributed by atoms with Gasteiger partial charge in [0, 0.05) is 51.1 Å². The zero-order valence-corrected chi connectivity index (χ0v) is 47.8. The van der Waals surface area contributed by atoms with Crippen molar-refractivity contribution in [1.82, 2.24) is 52.5 Å². The van der Waals surface area contributed by atoms with Crippen molar-refractivity contribution in [2.24, 2.45) is 61.0 Å². The summed E-state index contributed by atoms with van der Waals surface area (Å²) in [5.41, 5.74) is 38.8. The Bertz CT molecular complexity index is 2390. The second-order valence-corrected chi connectivity index (χ2v) is 21.9. The number of imidazole rings is 1. The number of rotatable bonds is 41. The maximum Gasteiger partial charge on any atom is 0.326 e. The first-order chi connectivity index (χ1) is 38.1. The van der Waals surface area contributed by atoms with Crippen molar-refractivity contribution < 1.29 is 56.7 Å². The van der Waals surface area contributed by atoms with Crippen molar-refractivity contribution in [2.45, 2.75) is 166 Å². The fourth-order valence-electron chi connectivity index (χ4n) is 7.83. The van der Waals surface area contributed by atoms with E-state index in [2.05, 4.69) is 67.5 Å². The van der Waals surface area contributed by atoms with Crippen molar-refractivity contribution >= 4 is 80.9 Å². The van der Waals surface area contributed by atoms with Gasteiger partial charge in [-0.05, 0) is 83.1 Å². The molecule has 0 saturated heterocycles. The molecular weight excluding hydrogens is 1080 g/mol. The maximum absolute atomic E-state index is 14.5. The number of aliphatic imine (C=N–C) groups is 3. The lowest BCUT2D eigenvalue weighted by Gasteiger charge is -2.29. The number of aliphatic carboxylic acids is 1. The van der Waals surface area contributed by atoms with Crippen LogP contribution in [-0.4, -0.2) is 181 Å². The van der Waals surface area contributed by atoms with Crippen LogP contribution in [0.1, 0.15) is 117 Å². The van der Waals surface area contributed by atoms with Gasteiger partial charge in [-0.3, -0.25) is 53.3 Å². The number of aromatic nitrogens is 2. The van der Waals surface area contributed by atoms with E-state index in [1.165, 1.54) is 19.4 Å². The van der Waals surface area contributed by atoms with Crippen molar-refractivity contribution in [3.05, 3.63) is 18.2 Å². The van der Waals surface area contributed by atoms with Crippen LogP contribution in [0.15, 0.2) is 27.5 Å². The van der Waals surface area contributed by atoms with Gasteiger partial charge in [0.25, 0.3) is 0 Å². The van der Waals surface area contributed by atoms with E-state index >= 15 is 0 Å². The molecule has 0 fully saturated rings. The molecule has 0 spiro atoms. The molecule has 0 aliphatic rings. The van der Waals surface area contributed by atoms with E-state index in [-0.39, 0.29) is 95.3 Å². The Hall–Kier alpha value is -7.84. The number of guanidine groups is 3. The van der Waals surface area contributed by atoms with Crippen LogP contribution in [0.2, 0.25) is 0 Å². The second kappa shape index (κ2) is 37.9. The third-order valence-corrected chi connectivity index (χ3v) is 13.1. The highest BCUT2D eigenvalue weighted by Crippen LogP contribution is 2.12. The molecule has 8 amide bonds. The minimum atomic E-state index is -3.72. The predicted octanol–water partition coefficient (Wildman–Crippen LogP) is -5.49. The summed E-state index contributed by atoms with van der Waals surface area (Å²) in [6.07, 6.45) is 5.31. The number of amides is 8. The van der Waals surface area contributed by atoms with Gasteiger partial charge in [0.05, 0.1) is 12.1 Å². The minimum absolute atomic E-state index is 0.00769. The number of sulfone groups is 1. The van der Waals surface area contributed by atoms with E-state index < -0.39 is 129 Å². The van der Waals surface area contributed by atoms with E-state index in [0.717, 1.165) is 6.26 Å². The highest BCUT2D eigenvalue weighted by atomic mass is 32.2. The molecule has 0 aliphatic heterocycles. The van der Waals surface area contributed by atoms with Crippen LogP contribution < -0.4 is 82.7 Å². The summed E-state index contributed by atoms with van der Waals surface area (Å²) in [7, 11) is -3.72. The normalized spacial score (nSPS) is 14.1. The van der Waals surface area contributed by atoms with Crippen LogP contribution in [-0.2, 0) is 59.4 Å². The molecule has 1 aromatic rings. The van der Waals surface area contributed by atoms with Crippen LogP contribution in [0.3, 0.4) is 0 Å². The number of hydrogen-bond donors (Lipinski definition) is 17. The van der Waals surface area contributed by atoms with Crippen molar-refractivity contribution in [2.75, 3.05) is 38.2 Å². The lowest BCUT2D eigenvalue weighted by atomic mass is 10.0. The fourth-order valence-corrected chi connectivity index (χ4v) is 8.49. The number of nitrogens with zero attached hydrogens (tertiary/aromatic N) is 4. The Morgan fingerprint density at radius 2 is 0.938 bits per heavy atom. The Morgan fingerprint density at radius 1 is 0.556 bits per heavy atom. The predicted molar refractivity (Wildman–Crippen MR) is 302 cm³/mol. The van der Waals surface area contributed by atoms with Gasteiger partial charge in [0.1, 0.15) is 58.2 Å². The van der Waals surface area contributed by atoms with Gasteiger partial charge in [-0.1, -0.05) is 33.6 Å². The number of carboxylic acid groups (broad SMARTS) is 1. The number of carboxylic acids is 1. The molecular formula is C48H88N20O12S. The number of aromatic amines is 1. The molecule has 458 valence electrons. The zero-order chi connectivity index (χ0) is 61.2. The van der Waals surface area contributed by atoms with Crippen molar-refractivity contribution in [1.29, 1.82) is 0 Å². The SMILES string of the molecule is CCCC[C@H](NC(=O)[C@H](CCCN=C(N)N)NC(=O)[C@H](Cc1cnc[nH]1)NC(=O)[C@H](CCCN=C(N)N)NC(=O)[C@H](CCCCN)NC(C)=O)C(=O)N[C@H](C(=O)NC(CCS(C)(=O)=O)C(=O)N[C@@H](CCCN=C(N)N)C(=O)O)C(C)C. The molecule has 81 heavy (non-hydrogen) atoms. The van der Waals surface area contributed by atoms with Crippen LogP contribution >= 0.6 is 0 Å². The summed E-state index contributed by atoms with van der Waals surface area (Å²) >= 11 is 0. The van der Waals surface area contributed by atoms with E-state index in [1.54, 1.807) is 13.8 Å². The molecule has 8 atom stereocenters. The van der Waals surface area contributed by atoms with E-state index in [0.29, 0.717) is 37.9 Å². The highest BCUT2D eigenvalue weighted by molar-refractivity contribution is 7.90. The van der Waals surface area contributed by atoms with Gasteiger partial charge >= 0.3 is 5.97 Å². The monoisotopic (exact) mass is 1170 g/mol. The van der Waals surface area contributed by atoms with Gasteiger partial charge in [-0.2, -0.15) is 0 Å². The van der Waals surface area contributed by atoms with E-state index in [1.807, 2.05) is 6.92 Å². The van der Waals surface area contributed by atoms with E-state index in [4.69, 9.17) is 40.1 Å². The van der Waals surface area contributed by atoms with Crippen molar-refractivity contribution in [3.63, 3.8) is 0 Å². The number of nitrogens with two attached hydrogens (primary N) is 7. The molecule has 0 aromatic carbocycles. The van der Waals surface area contributed by atoms with Gasteiger partial charge in [0.15, 0.2) is 17.9 Å². The topological polar surface area (TPSA) is 552 Å². The average molecular weight is 1170 g/mol. The first-order valence-electron chi connectivity index (χ1n) is 26.7. The summed E-state index contributed by atoms with van der Waals surface area (Å²) < 4.78 is 24.4. The summed E-state index contributed by atoms with van der Waals surface area (Å²) in [6.45, 7) is 6.67. The van der Waals surface area contributed by atoms with Gasteiger partial charge in [-0.15, -0.1) is 0 Å². The maximum atomic E-state index is 14.5. The number of unbranched alkanes of at least 4 members (excludes halogenated alkanes) is 2. The van der Waals surface area contributed by atoms with Crippen LogP contribution in [0.5, 0.6) is 0 Å². The molecule has 0 saturated carbocycles. The first kappa shape index (κ1) is 71.2. The minimum Gasteiger partial charge on any atom is -0.480 e. The Balaban J connectivity index is 3.65. The first-order valence-corrected chi connectivity index (χ1v) is 28.8. The van der Waals surface area contributed by atoms with Gasteiger partial charge in [0.2, 0.25) is 47.3 Å². The Morgan fingerprint density at radius 3 is 1.33 bits per heavy atom. The number of H-pyrrole nitrogens is 1. The standard InChI is InChI=1S/C48H88N20O12S/c1-6-7-13-31(42(74)68-37(27(2)3)44(76)65-34(18-23-81(5,79)80)41(73)66-35(45(77)78)17-12-22-59-48(54)55)62-39(71)32(15-10-20-57-46(50)51)64-43(75)36(24-29-25-56-26-60-29)67-40(72)33(16-11-21-58-47(52)53)63-38(70)30(61-28(4)69)14-8-9-19-49/h25-27,30-37H,6-24,49H2,1-5H3,(H,56,60)(H,61,69)(H,62,71)(H,63,70)(H,64,75)(H,65,76)(H,66,73)(H,67,72)(H,68,74)(H,77,78)(H4,50,51,57)(H4,52,53,58)(H4,54,55,59)/t30-,31-,32-,33-,34?,35-,36-,37-/m0/s1. The van der Waals surface area contributed by atoms with E-state index in [9.17, 15) is 56.7 Å². The third kappa shape index (κ3) is 30.9. The lowest BCUT2D eigenvalue weighted by molar-refractivity contribution is -0.142. The lowest BCUT2D eigenvalue weighted by Crippen LogP contribution is -2.61. The summed E-state index contributed by atoms with van der Waals surface area (Å²) in [6, 6.07) is -11.0. The van der Waals surface area contributed by atoms with Crippen molar-refractivity contribution in [3.8, 4) is 0 Å². The molecule has 1 unspecified atom stereocenters. The number of hydrogen-bond acceptors (Lipinski definition) is 16. The largest absolute Gasteiger partial charge is 0.480 e. The quantitative estimate of drug-likeness (QED) is 0.0165. The fraction of sp³-hybridized carbons (Fsp3) is 0.688. The van der Waals surface area contributed by atoms with Crippen LogP contribution in [0.25, 0.3) is 0 Å². The summed E-state index contributed by atoms with van der Waals surface area (Å²) in [5.74, 6) is -9.94. The van der Waals surface area contributed by atoms with Crippen LogP contribution in [0.4, 0.5) is 0 Å². The Labute approximate surface area is 472 Å². The number of carbonyl (C=O) groups excluding carboxylic acids is 8.